The van der Waals surface area contributed by atoms with Crippen molar-refractivity contribution in [3.8, 4) is 0 Å². The number of hydrogen-bond acceptors (Lipinski definition) is 2. The second kappa shape index (κ2) is 6.99. The minimum Gasteiger partial charge on any atom is -0.369 e. The zero-order valence-corrected chi connectivity index (χ0v) is 10.4. The summed E-state index contributed by atoms with van der Waals surface area (Å²) in [5.74, 6) is 0. The lowest BCUT2D eigenvalue weighted by molar-refractivity contribution is 0.00908. The van der Waals surface area contributed by atoms with Crippen molar-refractivity contribution >= 4 is 5.71 Å². The van der Waals surface area contributed by atoms with Gasteiger partial charge in [-0.3, -0.25) is 4.99 Å². The molecule has 0 saturated heterocycles. The lowest BCUT2D eigenvalue weighted by Crippen LogP contribution is -2.39. The van der Waals surface area contributed by atoms with E-state index in [0.717, 1.165) is 38.1 Å². The third-order valence-electron chi connectivity index (χ3n) is 2.79. The standard InChI is InChI=1S/C12H25NO/c1-6-10-13-11(5)12(7-2,8-3)14-9-4/h6-10H2,1-5H3. The molecule has 0 amide bonds. The summed E-state index contributed by atoms with van der Waals surface area (Å²) in [6, 6.07) is 0. The van der Waals surface area contributed by atoms with E-state index in [1.165, 1.54) is 0 Å². The predicted molar refractivity (Wildman–Crippen MR) is 63.2 cm³/mol. The molecular formula is C12H25NO. The summed E-state index contributed by atoms with van der Waals surface area (Å²) < 4.78 is 5.86. The summed E-state index contributed by atoms with van der Waals surface area (Å²) >= 11 is 0. The molecule has 0 aliphatic carbocycles. The van der Waals surface area contributed by atoms with Gasteiger partial charge >= 0.3 is 0 Å². The molecule has 14 heavy (non-hydrogen) atoms. The first kappa shape index (κ1) is 13.6. The Morgan fingerprint density at radius 2 is 1.71 bits per heavy atom. The zero-order valence-electron chi connectivity index (χ0n) is 10.4. The van der Waals surface area contributed by atoms with Crippen LogP contribution in [0.4, 0.5) is 0 Å². The molecule has 0 heterocycles. The first-order valence-electron chi connectivity index (χ1n) is 5.82. The Bertz CT molecular complexity index is 171. The number of aliphatic imine (C=N–C) groups is 1. The van der Waals surface area contributed by atoms with Crippen molar-refractivity contribution in [3.63, 3.8) is 0 Å². The van der Waals surface area contributed by atoms with E-state index in [-0.39, 0.29) is 5.60 Å². The van der Waals surface area contributed by atoms with Crippen LogP contribution >= 0.6 is 0 Å². The van der Waals surface area contributed by atoms with Gasteiger partial charge in [-0.05, 0) is 33.1 Å². The van der Waals surface area contributed by atoms with Crippen molar-refractivity contribution in [2.24, 2.45) is 4.99 Å². The molecule has 2 nitrogen and oxygen atoms in total. The molecule has 84 valence electrons. The lowest BCUT2D eigenvalue weighted by atomic mass is 9.92. The Kier molecular flexibility index (Phi) is 6.81. The maximum absolute atomic E-state index is 5.86. The van der Waals surface area contributed by atoms with Crippen molar-refractivity contribution in [1.82, 2.24) is 0 Å². The molecule has 0 saturated carbocycles. The summed E-state index contributed by atoms with van der Waals surface area (Å²) in [4.78, 5) is 4.57. The molecule has 0 radical (unpaired) electrons. The van der Waals surface area contributed by atoms with E-state index < -0.39 is 0 Å². The van der Waals surface area contributed by atoms with E-state index in [2.05, 4.69) is 32.7 Å². The molecular weight excluding hydrogens is 174 g/mol. The molecule has 0 atom stereocenters. The number of ether oxygens (including phenoxy) is 1. The Hall–Kier alpha value is -0.370. The van der Waals surface area contributed by atoms with Crippen LogP contribution in [0, 0.1) is 0 Å². The molecule has 0 aromatic rings. The zero-order chi connectivity index (χ0) is 11.0. The third-order valence-corrected chi connectivity index (χ3v) is 2.79. The largest absolute Gasteiger partial charge is 0.369 e. The van der Waals surface area contributed by atoms with Gasteiger partial charge in [-0.1, -0.05) is 20.8 Å². The van der Waals surface area contributed by atoms with Gasteiger partial charge in [0, 0.05) is 18.9 Å². The molecule has 0 aliphatic heterocycles. The molecule has 0 aromatic carbocycles. The summed E-state index contributed by atoms with van der Waals surface area (Å²) in [6.45, 7) is 12.3. The van der Waals surface area contributed by atoms with Gasteiger partial charge in [0.1, 0.15) is 5.60 Å². The summed E-state index contributed by atoms with van der Waals surface area (Å²) in [6.07, 6.45) is 3.12. The van der Waals surface area contributed by atoms with Crippen molar-refractivity contribution in [2.45, 2.75) is 59.5 Å². The molecule has 0 N–H and O–H groups in total. The van der Waals surface area contributed by atoms with E-state index in [1.807, 2.05) is 6.92 Å². The monoisotopic (exact) mass is 199 g/mol. The highest BCUT2D eigenvalue weighted by atomic mass is 16.5. The molecule has 0 rings (SSSR count). The van der Waals surface area contributed by atoms with E-state index in [0.29, 0.717) is 0 Å². The van der Waals surface area contributed by atoms with E-state index >= 15 is 0 Å². The van der Waals surface area contributed by atoms with Crippen LogP contribution in [0.3, 0.4) is 0 Å². The van der Waals surface area contributed by atoms with Gasteiger partial charge in [0.15, 0.2) is 0 Å². The molecule has 2 heteroatoms. The Labute approximate surface area is 88.8 Å². The lowest BCUT2D eigenvalue weighted by Gasteiger charge is -2.31. The molecule has 0 aromatic heterocycles. The van der Waals surface area contributed by atoms with Crippen LogP contribution in [0.1, 0.15) is 53.9 Å². The summed E-state index contributed by atoms with van der Waals surface area (Å²) in [5.41, 5.74) is 1.05. The van der Waals surface area contributed by atoms with Gasteiger partial charge < -0.3 is 4.74 Å². The highest BCUT2D eigenvalue weighted by molar-refractivity contribution is 5.90. The molecule has 0 spiro atoms. The average molecular weight is 199 g/mol. The molecule has 0 fully saturated rings. The highest BCUT2D eigenvalue weighted by Gasteiger charge is 2.29. The number of nitrogens with zero attached hydrogens (tertiary/aromatic N) is 1. The second-order valence-electron chi connectivity index (χ2n) is 3.60. The van der Waals surface area contributed by atoms with Crippen molar-refractivity contribution in [1.29, 1.82) is 0 Å². The van der Waals surface area contributed by atoms with Crippen LogP contribution in [0.5, 0.6) is 0 Å². The van der Waals surface area contributed by atoms with Crippen LogP contribution in [0.15, 0.2) is 4.99 Å². The van der Waals surface area contributed by atoms with Gasteiger partial charge in [-0.25, -0.2) is 0 Å². The fourth-order valence-corrected chi connectivity index (χ4v) is 1.77. The number of rotatable bonds is 7. The third kappa shape index (κ3) is 3.41. The van der Waals surface area contributed by atoms with Crippen LogP contribution < -0.4 is 0 Å². The van der Waals surface area contributed by atoms with Crippen molar-refractivity contribution < 1.29 is 4.74 Å². The van der Waals surface area contributed by atoms with Crippen LogP contribution in [-0.2, 0) is 4.74 Å². The first-order valence-corrected chi connectivity index (χ1v) is 5.82. The predicted octanol–water partition coefficient (Wildman–Crippen LogP) is 3.45. The van der Waals surface area contributed by atoms with E-state index in [4.69, 9.17) is 4.74 Å². The minimum absolute atomic E-state index is 0.107. The van der Waals surface area contributed by atoms with Crippen LogP contribution in [0.2, 0.25) is 0 Å². The minimum atomic E-state index is -0.107. The van der Waals surface area contributed by atoms with Gasteiger partial charge in [0.25, 0.3) is 0 Å². The highest BCUT2D eigenvalue weighted by Crippen LogP contribution is 2.22. The normalized spacial score (nSPS) is 13.4. The van der Waals surface area contributed by atoms with Crippen LogP contribution in [-0.4, -0.2) is 24.5 Å². The summed E-state index contributed by atoms with van der Waals surface area (Å²) in [5, 5.41) is 0. The maximum atomic E-state index is 5.86. The fraction of sp³-hybridized carbons (Fsp3) is 0.917. The van der Waals surface area contributed by atoms with Gasteiger partial charge in [-0.15, -0.1) is 0 Å². The van der Waals surface area contributed by atoms with Crippen molar-refractivity contribution in [2.75, 3.05) is 13.2 Å². The smallest absolute Gasteiger partial charge is 0.105 e. The van der Waals surface area contributed by atoms with Crippen LogP contribution in [0.25, 0.3) is 0 Å². The fourth-order valence-electron chi connectivity index (χ4n) is 1.77. The first-order chi connectivity index (χ1) is 6.66. The second-order valence-corrected chi connectivity index (χ2v) is 3.60. The molecule has 0 unspecified atom stereocenters. The van der Waals surface area contributed by atoms with E-state index in [9.17, 15) is 0 Å². The van der Waals surface area contributed by atoms with E-state index in [1.54, 1.807) is 0 Å². The van der Waals surface area contributed by atoms with Gasteiger partial charge in [0.2, 0.25) is 0 Å². The van der Waals surface area contributed by atoms with Crippen molar-refractivity contribution in [3.05, 3.63) is 0 Å². The average Bonchev–Trinajstić information content (AvgIpc) is 2.22. The Balaban J connectivity index is 4.60. The molecule has 0 aliphatic rings. The maximum Gasteiger partial charge on any atom is 0.105 e. The Morgan fingerprint density at radius 3 is 2.07 bits per heavy atom. The number of hydrogen-bond donors (Lipinski definition) is 0. The quantitative estimate of drug-likeness (QED) is 0.575. The summed E-state index contributed by atoms with van der Waals surface area (Å²) in [7, 11) is 0. The van der Waals surface area contributed by atoms with Gasteiger partial charge in [0.05, 0.1) is 0 Å². The molecule has 0 bridgehead atoms. The SMILES string of the molecule is CCCN=C(C)C(CC)(CC)OCC. The Morgan fingerprint density at radius 1 is 1.14 bits per heavy atom. The topological polar surface area (TPSA) is 21.6 Å². The van der Waals surface area contributed by atoms with Gasteiger partial charge in [-0.2, -0.15) is 0 Å².